The smallest absolute Gasteiger partial charge is 0.0388 e. The number of benzene rings is 2. The Labute approximate surface area is 133 Å². The van der Waals surface area contributed by atoms with Crippen LogP contribution < -0.4 is 11.5 Å². The van der Waals surface area contributed by atoms with Gasteiger partial charge in [0.1, 0.15) is 0 Å². The van der Waals surface area contributed by atoms with Crippen LogP contribution in [0.5, 0.6) is 0 Å². The van der Waals surface area contributed by atoms with Gasteiger partial charge in [-0.1, -0.05) is 45.0 Å². The second-order valence-corrected chi connectivity index (χ2v) is 7.68. The van der Waals surface area contributed by atoms with E-state index >= 15 is 0 Å². The quantitative estimate of drug-likeness (QED) is 0.763. The molecule has 0 aliphatic heterocycles. The minimum Gasteiger partial charge on any atom is -0.399 e. The Morgan fingerprint density at radius 3 is 2.18 bits per heavy atom. The zero-order chi connectivity index (χ0) is 16.3. The van der Waals surface area contributed by atoms with Crippen LogP contribution in [0.15, 0.2) is 30.3 Å². The molecule has 22 heavy (non-hydrogen) atoms. The molecule has 0 saturated carbocycles. The normalized spacial score (nSPS) is 22.6. The van der Waals surface area contributed by atoms with Crippen molar-refractivity contribution >= 4 is 11.4 Å². The molecule has 1 aliphatic rings. The average Bonchev–Trinajstić information content (AvgIpc) is 2.65. The van der Waals surface area contributed by atoms with Crippen LogP contribution in [0, 0.1) is 13.8 Å². The molecule has 2 aromatic carbocycles. The Hall–Kier alpha value is -1.96. The van der Waals surface area contributed by atoms with Crippen molar-refractivity contribution in [2.24, 2.45) is 0 Å². The van der Waals surface area contributed by atoms with Crippen LogP contribution in [-0.4, -0.2) is 0 Å². The van der Waals surface area contributed by atoms with Gasteiger partial charge in [-0.05, 0) is 59.6 Å². The maximum atomic E-state index is 6.50. The third kappa shape index (κ3) is 1.93. The summed E-state index contributed by atoms with van der Waals surface area (Å²) in [5.74, 6) is 0. The number of aryl methyl sites for hydroxylation is 2. The topological polar surface area (TPSA) is 52.0 Å². The van der Waals surface area contributed by atoms with Crippen LogP contribution >= 0.6 is 0 Å². The van der Waals surface area contributed by atoms with E-state index in [1.807, 2.05) is 6.92 Å². The second kappa shape index (κ2) is 4.52. The van der Waals surface area contributed by atoms with Crippen LogP contribution in [0.3, 0.4) is 0 Å². The SMILES string of the molecule is Cc1ccc(C2(C)CC(C)(C)c3ccc(C)c(N)c32)cc1N. The summed E-state index contributed by atoms with van der Waals surface area (Å²) < 4.78 is 0. The van der Waals surface area contributed by atoms with Crippen molar-refractivity contribution in [1.82, 2.24) is 0 Å². The highest BCUT2D eigenvalue weighted by Gasteiger charge is 2.47. The molecule has 0 radical (unpaired) electrons. The Morgan fingerprint density at radius 2 is 1.55 bits per heavy atom. The first-order chi connectivity index (χ1) is 10.2. The van der Waals surface area contributed by atoms with Gasteiger partial charge < -0.3 is 11.5 Å². The van der Waals surface area contributed by atoms with E-state index in [1.165, 1.54) is 16.7 Å². The van der Waals surface area contributed by atoms with Crippen LogP contribution in [-0.2, 0) is 10.8 Å². The highest BCUT2D eigenvalue weighted by atomic mass is 14.6. The van der Waals surface area contributed by atoms with E-state index in [-0.39, 0.29) is 10.8 Å². The maximum Gasteiger partial charge on any atom is 0.0388 e. The summed E-state index contributed by atoms with van der Waals surface area (Å²) in [6.07, 6.45) is 1.05. The van der Waals surface area contributed by atoms with Crippen LogP contribution in [0.1, 0.15) is 55.0 Å². The van der Waals surface area contributed by atoms with Crippen molar-refractivity contribution in [2.75, 3.05) is 11.5 Å². The predicted molar refractivity (Wildman–Crippen MR) is 95.3 cm³/mol. The van der Waals surface area contributed by atoms with E-state index in [4.69, 9.17) is 11.5 Å². The van der Waals surface area contributed by atoms with E-state index in [9.17, 15) is 0 Å². The average molecular weight is 294 g/mol. The molecule has 3 rings (SSSR count). The van der Waals surface area contributed by atoms with Crippen LogP contribution in [0.25, 0.3) is 0 Å². The Morgan fingerprint density at radius 1 is 0.909 bits per heavy atom. The molecule has 116 valence electrons. The molecule has 1 unspecified atom stereocenters. The van der Waals surface area contributed by atoms with Crippen molar-refractivity contribution < 1.29 is 0 Å². The number of anilines is 2. The van der Waals surface area contributed by atoms with Gasteiger partial charge in [0.2, 0.25) is 0 Å². The number of fused-ring (bicyclic) bond motifs is 1. The summed E-state index contributed by atoms with van der Waals surface area (Å²) >= 11 is 0. The minimum atomic E-state index is -0.0866. The summed E-state index contributed by atoms with van der Waals surface area (Å²) in [6.45, 7) is 11.1. The lowest BCUT2D eigenvalue weighted by Crippen LogP contribution is -2.24. The first kappa shape index (κ1) is 15.0. The predicted octanol–water partition coefficient (Wildman–Crippen LogP) is 4.46. The van der Waals surface area contributed by atoms with E-state index in [1.54, 1.807) is 0 Å². The minimum absolute atomic E-state index is 0.0866. The van der Waals surface area contributed by atoms with Crippen LogP contribution in [0.2, 0.25) is 0 Å². The van der Waals surface area contributed by atoms with E-state index < -0.39 is 0 Å². The van der Waals surface area contributed by atoms with E-state index in [2.05, 4.69) is 58.0 Å². The number of hydrogen-bond acceptors (Lipinski definition) is 2. The van der Waals surface area contributed by atoms with Gasteiger partial charge in [0.05, 0.1) is 0 Å². The Kier molecular flexibility index (Phi) is 3.07. The highest BCUT2D eigenvalue weighted by molar-refractivity contribution is 5.67. The molecule has 1 atom stereocenters. The fraction of sp³-hybridized carbons (Fsp3) is 0.400. The molecule has 2 aromatic rings. The van der Waals surface area contributed by atoms with Gasteiger partial charge in [0, 0.05) is 16.8 Å². The molecule has 0 aromatic heterocycles. The molecule has 2 heteroatoms. The molecular formula is C20H26N2. The summed E-state index contributed by atoms with van der Waals surface area (Å²) in [4.78, 5) is 0. The number of nitrogen functional groups attached to an aromatic ring is 2. The van der Waals surface area contributed by atoms with Gasteiger partial charge >= 0.3 is 0 Å². The summed E-state index contributed by atoms with van der Waals surface area (Å²) in [7, 11) is 0. The number of hydrogen-bond donors (Lipinski definition) is 2. The van der Waals surface area contributed by atoms with Gasteiger partial charge in [-0.25, -0.2) is 0 Å². The van der Waals surface area contributed by atoms with Crippen molar-refractivity contribution in [1.29, 1.82) is 0 Å². The van der Waals surface area contributed by atoms with Gasteiger partial charge in [0.25, 0.3) is 0 Å². The zero-order valence-corrected chi connectivity index (χ0v) is 14.2. The van der Waals surface area contributed by atoms with Crippen molar-refractivity contribution in [2.45, 2.75) is 51.9 Å². The fourth-order valence-electron chi connectivity index (χ4n) is 4.18. The maximum absolute atomic E-state index is 6.50. The second-order valence-electron chi connectivity index (χ2n) is 7.68. The molecule has 0 amide bonds. The molecule has 0 bridgehead atoms. The molecular weight excluding hydrogens is 268 g/mol. The number of rotatable bonds is 1. The van der Waals surface area contributed by atoms with E-state index in [0.29, 0.717) is 0 Å². The van der Waals surface area contributed by atoms with Gasteiger partial charge in [-0.3, -0.25) is 0 Å². The van der Waals surface area contributed by atoms with Crippen molar-refractivity contribution in [3.05, 3.63) is 58.1 Å². The lowest BCUT2D eigenvalue weighted by atomic mass is 9.74. The summed E-state index contributed by atoms with van der Waals surface area (Å²) in [5.41, 5.74) is 20.7. The summed E-state index contributed by atoms with van der Waals surface area (Å²) in [5, 5.41) is 0. The van der Waals surface area contributed by atoms with Crippen molar-refractivity contribution in [3.63, 3.8) is 0 Å². The Balaban J connectivity index is 2.29. The van der Waals surface area contributed by atoms with Gasteiger partial charge in [-0.15, -0.1) is 0 Å². The van der Waals surface area contributed by atoms with Gasteiger partial charge in [-0.2, -0.15) is 0 Å². The lowest BCUT2D eigenvalue weighted by molar-refractivity contribution is 0.425. The first-order valence-corrected chi connectivity index (χ1v) is 7.93. The highest BCUT2D eigenvalue weighted by Crippen LogP contribution is 2.55. The molecule has 2 nitrogen and oxygen atoms in total. The zero-order valence-electron chi connectivity index (χ0n) is 14.2. The lowest BCUT2D eigenvalue weighted by Gasteiger charge is -2.30. The molecule has 0 saturated heterocycles. The van der Waals surface area contributed by atoms with E-state index in [0.717, 1.165) is 28.9 Å². The van der Waals surface area contributed by atoms with Crippen molar-refractivity contribution in [3.8, 4) is 0 Å². The third-order valence-electron chi connectivity index (χ3n) is 5.46. The monoisotopic (exact) mass is 294 g/mol. The fourth-order valence-corrected chi connectivity index (χ4v) is 4.18. The van der Waals surface area contributed by atoms with Crippen LogP contribution in [0.4, 0.5) is 11.4 Å². The molecule has 0 heterocycles. The van der Waals surface area contributed by atoms with Gasteiger partial charge in [0.15, 0.2) is 0 Å². The molecule has 0 fully saturated rings. The summed E-state index contributed by atoms with van der Waals surface area (Å²) in [6, 6.07) is 10.9. The first-order valence-electron chi connectivity index (χ1n) is 7.93. The third-order valence-corrected chi connectivity index (χ3v) is 5.46. The Bertz CT molecular complexity index is 759. The largest absolute Gasteiger partial charge is 0.399 e. The standard InChI is InChI=1S/C20H26N2/c1-12-6-8-14(10-16(12)21)20(5)11-19(3,4)15-9-7-13(2)18(22)17(15)20/h6-10H,11,21-22H2,1-5H3. The molecule has 1 aliphatic carbocycles. The number of nitrogens with two attached hydrogens (primary N) is 2. The molecule has 4 N–H and O–H groups in total. The molecule has 0 spiro atoms.